The maximum absolute atomic E-state index is 5.71. The van der Waals surface area contributed by atoms with E-state index in [9.17, 15) is 0 Å². The molecule has 1 aromatic heterocycles. The van der Waals surface area contributed by atoms with E-state index in [-0.39, 0.29) is 5.41 Å². The summed E-state index contributed by atoms with van der Waals surface area (Å²) in [5.41, 5.74) is 1.52. The highest BCUT2D eigenvalue weighted by Crippen LogP contribution is 2.31. The van der Waals surface area contributed by atoms with Gasteiger partial charge in [0.2, 0.25) is 5.88 Å². The van der Waals surface area contributed by atoms with Crippen LogP contribution in [-0.4, -0.2) is 16.6 Å². The van der Waals surface area contributed by atoms with Crippen LogP contribution in [0, 0.1) is 5.92 Å². The summed E-state index contributed by atoms with van der Waals surface area (Å²) in [6.07, 6.45) is 4.15. The largest absolute Gasteiger partial charge is 0.477 e. The second-order valence-corrected chi connectivity index (χ2v) is 7.92. The quantitative estimate of drug-likeness (QED) is 0.748. The van der Waals surface area contributed by atoms with Crippen molar-refractivity contribution in [2.24, 2.45) is 5.92 Å². The molecular weight excluding hydrogens is 292 g/mol. The van der Waals surface area contributed by atoms with Crippen LogP contribution in [0.5, 0.6) is 5.88 Å². The van der Waals surface area contributed by atoms with Crippen molar-refractivity contribution in [1.82, 2.24) is 9.97 Å². The summed E-state index contributed by atoms with van der Waals surface area (Å²) in [5, 5.41) is 0.921. The topological polar surface area (TPSA) is 35.0 Å². The zero-order chi connectivity index (χ0) is 15.6. The molecule has 0 amide bonds. The molecule has 1 aliphatic carbocycles. The molecule has 116 valence electrons. The molecule has 2 aromatic rings. The van der Waals surface area contributed by atoms with Gasteiger partial charge in [0.05, 0.1) is 6.61 Å². The average Bonchev–Trinajstić information content (AvgIpc) is 3.29. The van der Waals surface area contributed by atoms with Gasteiger partial charge in [0, 0.05) is 11.0 Å². The second kappa shape index (κ2) is 6.29. The highest BCUT2D eigenvalue weighted by molar-refractivity contribution is 7.99. The number of ether oxygens (including phenoxy) is 1. The van der Waals surface area contributed by atoms with Gasteiger partial charge in [0.25, 0.3) is 0 Å². The van der Waals surface area contributed by atoms with Crippen LogP contribution in [0.25, 0.3) is 0 Å². The zero-order valence-electron chi connectivity index (χ0n) is 13.4. The lowest BCUT2D eigenvalue weighted by atomic mass is 9.87. The molecule has 0 atom stereocenters. The predicted octanol–water partition coefficient (Wildman–Crippen LogP) is 4.71. The monoisotopic (exact) mass is 314 g/mol. The minimum Gasteiger partial charge on any atom is -0.477 e. The van der Waals surface area contributed by atoms with Gasteiger partial charge in [-0.2, -0.15) is 0 Å². The molecule has 1 heterocycles. The third-order valence-corrected chi connectivity index (χ3v) is 4.66. The summed E-state index contributed by atoms with van der Waals surface area (Å²) in [6, 6.07) is 10.6. The standard InChI is InChI=1S/C18H22N2OS/c1-18(2,3)14-6-8-15(9-7-14)22-17-10-16(19-12-20-17)21-11-13-4-5-13/h6-10,12-13H,4-5,11H2,1-3H3. The Labute approximate surface area is 136 Å². The number of aromatic nitrogens is 2. The molecule has 4 heteroatoms. The lowest BCUT2D eigenvalue weighted by Gasteiger charge is -2.19. The van der Waals surface area contributed by atoms with Crippen molar-refractivity contribution in [2.75, 3.05) is 6.61 Å². The van der Waals surface area contributed by atoms with E-state index < -0.39 is 0 Å². The van der Waals surface area contributed by atoms with E-state index in [1.54, 1.807) is 18.1 Å². The van der Waals surface area contributed by atoms with Crippen molar-refractivity contribution in [3.05, 3.63) is 42.2 Å². The number of hydrogen-bond acceptors (Lipinski definition) is 4. The first-order valence-electron chi connectivity index (χ1n) is 7.74. The van der Waals surface area contributed by atoms with Crippen molar-refractivity contribution in [1.29, 1.82) is 0 Å². The van der Waals surface area contributed by atoms with Crippen LogP contribution >= 0.6 is 11.8 Å². The maximum Gasteiger partial charge on any atom is 0.217 e. The molecular formula is C18H22N2OS. The van der Waals surface area contributed by atoms with E-state index in [0.717, 1.165) is 17.6 Å². The van der Waals surface area contributed by atoms with Crippen LogP contribution in [0.4, 0.5) is 0 Å². The van der Waals surface area contributed by atoms with Crippen LogP contribution in [0.1, 0.15) is 39.2 Å². The third kappa shape index (κ3) is 4.23. The molecule has 1 aromatic carbocycles. The Morgan fingerprint density at radius 2 is 1.86 bits per heavy atom. The molecule has 0 N–H and O–H groups in total. The van der Waals surface area contributed by atoms with Crippen molar-refractivity contribution < 1.29 is 4.74 Å². The van der Waals surface area contributed by atoms with Gasteiger partial charge in [-0.25, -0.2) is 9.97 Å². The molecule has 0 aliphatic heterocycles. The van der Waals surface area contributed by atoms with E-state index in [2.05, 4.69) is 55.0 Å². The van der Waals surface area contributed by atoms with Gasteiger partial charge in [0.15, 0.2) is 0 Å². The van der Waals surface area contributed by atoms with Gasteiger partial charge in [-0.1, -0.05) is 44.7 Å². The molecule has 3 nitrogen and oxygen atoms in total. The Morgan fingerprint density at radius 3 is 2.50 bits per heavy atom. The maximum atomic E-state index is 5.71. The molecule has 0 unspecified atom stereocenters. The smallest absolute Gasteiger partial charge is 0.217 e. The van der Waals surface area contributed by atoms with Gasteiger partial charge in [0.1, 0.15) is 11.4 Å². The lowest BCUT2D eigenvalue weighted by Crippen LogP contribution is -2.10. The van der Waals surface area contributed by atoms with Crippen LogP contribution in [-0.2, 0) is 5.41 Å². The molecule has 1 aliphatic rings. The van der Waals surface area contributed by atoms with E-state index in [4.69, 9.17) is 4.74 Å². The van der Waals surface area contributed by atoms with Gasteiger partial charge in [-0.3, -0.25) is 0 Å². The molecule has 3 rings (SSSR count). The van der Waals surface area contributed by atoms with E-state index >= 15 is 0 Å². The van der Waals surface area contributed by atoms with Crippen molar-refractivity contribution >= 4 is 11.8 Å². The average molecular weight is 314 g/mol. The van der Waals surface area contributed by atoms with E-state index in [1.807, 2.05) is 6.07 Å². The minimum absolute atomic E-state index is 0.182. The Hall–Kier alpha value is -1.55. The van der Waals surface area contributed by atoms with Crippen molar-refractivity contribution in [3.63, 3.8) is 0 Å². The zero-order valence-corrected chi connectivity index (χ0v) is 14.2. The van der Waals surface area contributed by atoms with Gasteiger partial charge < -0.3 is 4.74 Å². The Balaban J connectivity index is 1.65. The van der Waals surface area contributed by atoms with Gasteiger partial charge >= 0.3 is 0 Å². The third-order valence-electron chi connectivity index (χ3n) is 3.72. The van der Waals surface area contributed by atoms with Crippen LogP contribution in [0.15, 0.2) is 46.6 Å². The highest BCUT2D eigenvalue weighted by Gasteiger charge is 2.22. The van der Waals surface area contributed by atoms with Crippen molar-refractivity contribution in [3.8, 4) is 5.88 Å². The van der Waals surface area contributed by atoms with E-state index in [1.165, 1.54) is 23.3 Å². The molecule has 0 saturated heterocycles. The Kier molecular flexibility index (Phi) is 4.39. The molecule has 1 saturated carbocycles. The first-order valence-corrected chi connectivity index (χ1v) is 8.55. The number of nitrogens with zero attached hydrogens (tertiary/aromatic N) is 2. The second-order valence-electron chi connectivity index (χ2n) is 6.83. The number of hydrogen-bond donors (Lipinski definition) is 0. The normalized spacial score (nSPS) is 14.9. The fraction of sp³-hybridized carbons (Fsp3) is 0.444. The molecule has 0 spiro atoms. The van der Waals surface area contributed by atoms with Crippen molar-refractivity contribution in [2.45, 2.75) is 48.9 Å². The molecule has 0 bridgehead atoms. The Morgan fingerprint density at radius 1 is 1.14 bits per heavy atom. The molecule has 0 radical (unpaired) electrons. The SMILES string of the molecule is CC(C)(C)c1ccc(Sc2cc(OCC3CC3)ncn2)cc1. The summed E-state index contributed by atoms with van der Waals surface area (Å²) < 4.78 is 5.71. The summed E-state index contributed by atoms with van der Waals surface area (Å²) in [4.78, 5) is 9.68. The van der Waals surface area contributed by atoms with Gasteiger partial charge in [-0.05, 0) is 41.9 Å². The lowest BCUT2D eigenvalue weighted by molar-refractivity contribution is 0.287. The summed E-state index contributed by atoms with van der Waals surface area (Å²) in [5.74, 6) is 1.41. The minimum atomic E-state index is 0.182. The van der Waals surface area contributed by atoms with Crippen LogP contribution in [0.3, 0.4) is 0 Å². The van der Waals surface area contributed by atoms with Gasteiger partial charge in [-0.15, -0.1) is 0 Å². The summed E-state index contributed by atoms with van der Waals surface area (Å²) in [6.45, 7) is 7.45. The number of rotatable bonds is 5. The number of benzene rings is 1. The van der Waals surface area contributed by atoms with Crippen LogP contribution in [0.2, 0.25) is 0 Å². The molecule has 22 heavy (non-hydrogen) atoms. The summed E-state index contributed by atoms with van der Waals surface area (Å²) in [7, 11) is 0. The first-order chi connectivity index (χ1) is 10.5. The fourth-order valence-electron chi connectivity index (χ4n) is 2.09. The Bertz CT molecular complexity index is 630. The fourth-order valence-corrected chi connectivity index (χ4v) is 2.86. The molecule has 1 fully saturated rings. The summed E-state index contributed by atoms with van der Waals surface area (Å²) >= 11 is 1.64. The van der Waals surface area contributed by atoms with Crippen LogP contribution < -0.4 is 4.74 Å². The predicted molar refractivity (Wildman–Crippen MR) is 89.5 cm³/mol. The first kappa shape index (κ1) is 15.3. The highest BCUT2D eigenvalue weighted by atomic mass is 32.2. The van der Waals surface area contributed by atoms with E-state index in [0.29, 0.717) is 5.88 Å².